The van der Waals surface area contributed by atoms with Gasteiger partial charge in [0, 0.05) is 42.5 Å². The lowest BCUT2D eigenvalue weighted by molar-refractivity contribution is 0.0751. The van der Waals surface area contributed by atoms with Crippen LogP contribution in [0.3, 0.4) is 0 Å². The second-order valence-corrected chi connectivity index (χ2v) is 7.39. The summed E-state index contributed by atoms with van der Waals surface area (Å²) in [6.45, 7) is 3.75. The Kier molecular flexibility index (Phi) is 5.66. The number of hydrogen-bond donors (Lipinski definition) is 4. The first-order chi connectivity index (χ1) is 14.4. The smallest absolute Gasteiger partial charge is 0.273 e. The van der Waals surface area contributed by atoms with Crippen molar-refractivity contribution >= 4 is 45.9 Å². The highest BCUT2D eigenvalue weighted by atomic mass is 35.5. The number of aromatic nitrogens is 5. The number of amides is 1. The maximum atomic E-state index is 11.8. The van der Waals surface area contributed by atoms with Crippen LogP contribution in [-0.2, 0) is 11.3 Å². The molecule has 3 aromatic rings. The van der Waals surface area contributed by atoms with Gasteiger partial charge in [0.1, 0.15) is 5.52 Å². The number of nitrogens with two attached hydrogens (primary N) is 2. The Labute approximate surface area is 177 Å². The minimum absolute atomic E-state index is 0.0708. The van der Waals surface area contributed by atoms with Crippen LogP contribution in [-0.4, -0.2) is 56.2 Å². The van der Waals surface area contributed by atoms with Crippen LogP contribution in [0.25, 0.3) is 10.9 Å². The molecule has 158 valence electrons. The predicted molar refractivity (Wildman–Crippen MR) is 113 cm³/mol. The van der Waals surface area contributed by atoms with Gasteiger partial charge in [-0.2, -0.15) is 10.1 Å². The van der Waals surface area contributed by atoms with Crippen molar-refractivity contribution in [1.29, 1.82) is 0 Å². The molecule has 0 unspecified atom stereocenters. The van der Waals surface area contributed by atoms with Crippen LogP contribution in [0, 0.1) is 0 Å². The number of carbonyl (C=O) groups excluding carboxylic acids is 1. The van der Waals surface area contributed by atoms with E-state index < -0.39 is 5.91 Å². The Balaban J connectivity index is 1.65. The Bertz CT molecular complexity index is 1090. The Hall–Kier alpha value is -3.02. The average molecular weight is 432 g/mol. The molecule has 0 saturated carbocycles. The summed E-state index contributed by atoms with van der Waals surface area (Å²) in [6.07, 6.45) is 2.59. The zero-order valence-electron chi connectivity index (χ0n) is 16.3. The summed E-state index contributed by atoms with van der Waals surface area (Å²) < 4.78 is 7.14. The monoisotopic (exact) mass is 431 g/mol. The number of primary amides is 1. The number of rotatable bonds is 6. The molecule has 12 heteroatoms. The summed E-state index contributed by atoms with van der Waals surface area (Å²) in [5, 5.41) is 19.9. The molecule has 30 heavy (non-hydrogen) atoms. The molecule has 1 aliphatic rings. The van der Waals surface area contributed by atoms with E-state index in [2.05, 4.69) is 30.9 Å². The summed E-state index contributed by atoms with van der Waals surface area (Å²) in [4.78, 5) is 16.2. The van der Waals surface area contributed by atoms with Crippen molar-refractivity contribution in [3.8, 4) is 0 Å². The third-order valence-corrected chi connectivity index (χ3v) is 5.12. The Morgan fingerprint density at radius 1 is 1.40 bits per heavy atom. The van der Waals surface area contributed by atoms with E-state index in [1.807, 2.05) is 19.2 Å². The first kappa shape index (κ1) is 20.3. The third kappa shape index (κ3) is 4.13. The molecule has 1 aliphatic heterocycles. The van der Waals surface area contributed by atoms with Crippen molar-refractivity contribution in [2.45, 2.75) is 32.0 Å². The van der Waals surface area contributed by atoms with Crippen LogP contribution in [0.1, 0.15) is 23.8 Å². The molecular weight excluding hydrogens is 410 g/mol. The molecule has 6 N–H and O–H groups in total. The largest absolute Gasteiger partial charge is 0.380 e. The topological polar surface area (TPSA) is 159 Å². The maximum Gasteiger partial charge on any atom is 0.273 e. The lowest BCUT2D eigenvalue weighted by Gasteiger charge is -2.29. The van der Waals surface area contributed by atoms with Crippen molar-refractivity contribution in [3.05, 3.63) is 29.0 Å². The van der Waals surface area contributed by atoms with Crippen molar-refractivity contribution < 1.29 is 9.53 Å². The molecule has 3 heterocycles. The number of carbonyl (C=O) groups is 1. The highest BCUT2D eigenvalue weighted by Gasteiger charge is 2.24. The number of aryl methyl sites for hydroxylation is 1. The number of benzene rings is 1. The van der Waals surface area contributed by atoms with Crippen LogP contribution >= 0.6 is 11.6 Å². The second kappa shape index (κ2) is 8.38. The third-order valence-electron chi connectivity index (χ3n) is 4.83. The van der Waals surface area contributed by atoms with Crippen molar-refractivity contribution in [2.24, 2.45) is 11.5 Å². The molecule has 1 saturated heterocycles. The Morgan fingerprint density at radius 3 is 2.97 bits per heavy atom. The van der Waals surface area contributed by atoms with Gasteiger partial charge >= 0.3 is 0 Å². The van der Waals surface area contributed by atoms with Gasteiger partial charge in [-0.05, 0) is 25.5 Å². The van der Waals surface area contributed by atoms with Gasteiger partial charge in [-0.1, -0.05) is 11.6 Å². The molecular formula is C18H22ClN9O2. The zero-order chi connectivity index (χ0) is 21.3. The van der Waals surface area contributed by atoms with Gasteiger partial charge in [-0.25, -0.2) is 0 Å². The van der Waals surface area contributed by atoms with Crippen LogP contribution in [0.5, 0.6) is 0 Å². The Morgan fingerprint density at radius 2 is 2.23 bits per heavy atom. The SMILES string of the molecule is CCn1cc2cc(Nc3nc(N[C@@H]4CCOC[C@@H]4N)nnc3C(N)=O)cc(Cl)c2n1. The molecule has 2 atom stereocenters. The normalized spacial score (nSPS) is 19.0. The molecule has 11 nitrogen and oxygen atoms in total. The molecule has 2 aromatic heterocycles. The standard InChI is InChI=1S/C18H22ClN9O2/c1-2-28-7-9-5-10(6-11(19)14(9)27-28)22-17-15(16(21)29)25-26-18(24-17)23-13-3-4-30-8-12(13)20/h5-7,12-13H,2-4,8,20H2,1H3,(H2,21,29)(H2,22,23,24,26)/t12-,13+/m0/s1. The number of halogens is 1. The number of nitrogens with zero attached hydrogens (tertiary/aromatic N) is 5. The fourth-order valence-corrected chi connectivity index (χ4v) is 3.52. The zero-order valence-corrected chi connectivity index (χ0v) is 17.1. The van der Waals surface area contributed by atoms with Gasteiger partial charge in [-0.3, -0.25) is 9.48 Å². The second-order valence-electron chi connectivity index (χ2n) is 6.98. The fourth-order valence-electron chi connectivity index (χ4n) is 3.26. The van der Waals surface area contributed by atoms with Crippen LogP contribution in [0.4, 0.5) is 17.5 Å². The number of anilines is 3. The van der Waals surface area contributed by atoms with Gasteiger partial charge in [-0.15, -0.1) is 10.2 Å². The summed E-state index contributed by atoms with van der Waals surface area (Å²) in [5.41, 5.74) is 12.7. The van der Waals surface area contributed by atoms with Gasteiger partial charge in [0.15, 0.2) is 11.5 Å². The molecule has 0 radical (unpaired) electrons. The van der Waals surface area contributed by atoms with E-state index in [0.717, 1.165) is 11.9 Å². The van der Waals surface area contributed by atoms with Crippen molar-refractivity contribution in [2.75, 3.05) is 23.8 Å². The van der Waals surface area contributed by atoms with E-state index in [9.17, 15) is 4.79 Å². The molecule has 4 rings (SSSR count). The number of nitrogens with one attached hydrogen (secondary N) is 2. The average Bonchev–Trinajstić information content (AvgIpc) is 3.14. The quantitative estimate of drug-likeness (QED) is 0.450. The van der Waals surface area contributed by atoms with E-state index in [1.165, 1.54) is 0 Å². The minimum Gasteiger partial charge on any atom is -0.380 e. The van der Waals surface area contributed by atoms with Gasteiger partial charge < -0.3 is 26.8 Å². The highest BCUT2D eigenvalue weighted by Crippen LogP contribution is 2.29. The molecule has 1 amide bonds. The molecule has 1 fully saturated rings. The maximum absolute atomic E-state index is 11.8. The molecule has 1 aromatic carbocycles. The van der Waals surface area contributed by atoms with Crippen molar-refractivity contribution in [1.82, 2.24) is 25.0 Å². The van der Waals surface area contributed by atoms with Crippen LogP contribution in [0.15, 0.2) is 18.3 Å². The van der Waals surface area contributed by atoms with E-state index in [1.54, 1.807) is 10.7 Å². The first-order valence-corrected chi connectivity index (χ1v) is 9.90. The lowest BCUT2D eigenvalue weighted by Crippen LogP contribution is -2.48. The summed E-state index contributed by atoms with van der Waals surface area (Å²) >= 11 is 6.38. The van der Waals surface area contributed by atoms with E-state index >= 15 is 0 Å². The van der Waals surface area contributed by atoms with Crippen LogP contribution in [0.2, 0.25) is 5.02 Å². The molecule has 0 spiro atoms. The molecule has 0 bridgehead atoms. The number of hydrogen-bond acceptors (Lipinski definition) is 9. The minimum atomic E-state index is -0.752. The van der Waals surface area contributed by atoms with Crippen molar-refractivity contribution in [3.63, 3.8) is 0 Å². The number of fused-ring (bicyclic) bond motifs is 1. The van der Waals surface area contributed by atoms with Gasteiger partial charge in [0.25, 0.3) is 5.91 Å². The summed E-state index contributed by atoms with van der Waals surface area (Å²) in [7, 11) is 0. The fraction of sp³-hybridized carbons (Fsp3) is 0.389. The molecule has 0 aliphatic carbocycles. The summed E-state index contributed by atoms with van der Waals surface area (Å²) in [6, 6.07) is 3.28. The lowest BCUT2D eigenvalue weighted by atomic mass is 10.1. The van der Waals surface area contributed by atoms with Gasteiger partial charge in [0.2, 0.25) is 5.95 Å². The number of ether oxygens (including phenoxy) is 1. The summed E-state index contributed by atoms with van der Waals surface area (Å²) in [5.74, 6) is -0.354. The van der Waals surface area contributed by atoms with E-state index in [0.29, 0.717) is 35.9 Å². The predicted octanol–water partition coefficient (Wildman–Crippen LogP) is 1.27. The van der Waals surface area contributed by atoms with Gasteiger partial charge in [0.05, 0.1) is 11.6 Å². The highest BCUT2D eigenvalue weighted by molar-refractivity contribution is 6.35. The van der Waals surface area contributed by atoms with E-state index in [-0.39, 0.29) is 29.5 Å². The van der Waals surface area contributed by atoms with E-state index in [4.69, 9.17) is 27.8 Å². The van der Waals surface area contributed by atoms with Crippen LogP contribution < -0.4 is 22.1 Å². The first-order valence-electron chi connectivity index (χ1n) is 9.52.